The zero-order valence-electron chi connectivity index (χ0n) is 10.6. The predicted octanol–water partition coefficient (Wildman–Crippen LogP) is 5.13. The summed E-state index contributed by atoms with van der Waals surface area (Å²) in [5.74, 6) is 0. The molecule has 0 amide bonds. The molecule has 0 radical (unpaired) electrons. The number of hydrogen-bond donors (Lipinski definition) is 0. The summed E-state index contributed by atoms with van der Waals surface area (Å²) in [5.41, 5.74) is 0.250. The van der Waals surface area contributed by atoms with Crippen LogP contribution in [-0.2, 0) is 10.0 Å². The van der Waals surface area contributed by atoms with Gasteiger partial charge >= 0.3 is 0 Å². The maximum absolute atomic E-state index is 12.7. The van der Waals surface area contributed by atoms with Gasteiger partial charge in [-0.25, -0.2) is 8.42 Å². The van der Waals surface area contributed by atoms with E-state index in [1.807, 2.05) is 0 Å². The Morgan fingerprint density at radius 2 is 1.62 bits per heavy atom. The lowest BCUT2D eigenvalue weighted by Crippen LogP contribution is -2.27. The summed E-state index contributed by atoms with van der Waals surface area (Å²) in [4.78, 5) is -0.102. The first-order chi connectivity index (χ1) is 9.75. The maximum Gasteiger partial charge on any atom is 0.265 e. The number of rotatable bonds is 3. The highest BCUT2D eigenvalue weighted by Gasteiger charge is 2.26. The first kappa shape index (κ1) is 16.7. The number of halogens is 4. The van der Waals surface area contributed by atoms with Crippen LogP contribution < -0.4 is 4.31 Å². The highest BCUT2D eigenvalue weighted by Crippen LogP contribution is 2.36. The van der Waals surface area contributed by atoms with Gasteiger partial charge < -0.3 is 0 Å². The van der Waals surface area contributed by atoms with E-state index >= 15 is 0 Å². The summed E-state index contributed by atoms with van der Waals surface area (Å²) in [6, 6.07) is 8.94. The fourth-order valence-electron chi connectivity index (χ4n) is 1.69. The highest BCUT2D eigenvalue weighted by molar-refractivity contribution is 7.93. The lowest BCUT2D eigenvalue weighted by Gasteiger charge is -2.21. The number of hydrogen-bond acceptors (Lipinski definition) is 2. The van der Waals surface area contributed by atoms with E-state index in [-0.39, 0.29) is 30.7 Å². The lowest BCUT2D eigenvalue weighted by molar-refractivity contribution is 0.594. The molecule has 0 saturated heterocycles. The third kappa shape index (κ3) is 3.25. The molecule has 0 unspecified atom stereocenters. The second-order valence-corrected chi connectivity index (χ2v) is 7.69. The van der Waals surface area contributed by atoms with Crippen LogP contribution in [0.1, 0.15) is 0 Å². The van der Waals surface area contributed by atoms with Crippen LogP contribution in [0.4, 0.5) is 5.69 Å². The summed E-state index contributed by atoms with van der Waals surface area (Å²) >= 11 is 23.8. The van der Waals surface area contributed by atoms with E-state index < -0.39 is 10.0 Å². The Bertz CT molecular complexity index is 793. The molecule has 0 aliphatic heterocycles. The van der Waals surface area contributed by atoms with Gasteiger partial charge in [-0.15, -0.1) is 0 Å². The van der Waals surface area contributed by atoms with Gasteiger partial charge in [0, 0.05) is 12.1 Å². The molecule has 0 N–H and O–H groups in total. The Labute approximate surface area is 143 Å². The molecule has 0 atom stereocenters. The minimum atomic E-state index is -3.91. The van der Waals surface area contributed by atoms with Gasteiger partial charge in [-0.05, 0) is 30.3 Å². The van der Waals surface area contributed by atoms with E-state index in [2.05, 4.69) is 0 Å². The average molecular weight is 385 g/mol. The molecule has 0 fully saturated rings. The van der Waals surface area contributed by atoms with Gasteiger partial charge in [-0.2, -0.15) is 0 Å². The van der Waals surface area contributed by atoms with Crippen molar-refractivity contribution in [3.63, 3.8) is 0 Å². The van der Waals surface area contributed by atoms with E-state index in [9.17, 15) is 8.42 Å². The van der Waals surface area contributed by atoms with Crippen LogP contribution in [0.15, 0.2) is 41.3 Å². The third-order valence-corrected chi connectivity index (χ3v) is 6.10. The summed E-state index contributed by atoms with van der Waals surface area (Å²) < 4.78 is 26.3. The quantitative estimate of drug-likeness (QED) is 0.735. The maximum atomic E-state index is 12.7. The molecular weight excluding hydrogens is 376 g/mol. The van der Waals surface area contributed by atoms with Gasteiger partial charge in [0.25, 0.3) is 10.0 Å². The van der Waals surface area contributed by atoms with E-state index in [1.54, 1.807) is 18.2 Å². The Kier molecular flexibility index (Phi) is 4.96. The number of benzene rings is 2. The second-order valence-electron chi connectivity index (χ2n) is 4.12. The lowest BCUT2D eigenvalue weighted by atomic mass is 10.3. The second kappa shape index (κ2) is 6.23. The fourth-order valence-corrected chi connectivity index (χ4v) is 4.10. The molecule has 0 heterocycles. The standard InChI is InChI=1S/C13H9Cl4NO2S/c1-18(11-4-2-3-10(16)13(11)17)21(19,20)12-7-8(14)5-6-9(12)15/h2-7H,1H3. The summed E-state index contributed by atoms with van der Waals surface area (Å²) in [6.07, 6.45) is 0. The molecule has 21 heavy (non-hydrogen) atoms. The van der Waals surface area contributed by atoms with E-state index in [0.29, 0.717) is 0 Å². The molecule has 0 bridgehead atoms. The molecule has 8 heteroatoms. The van der Waals surface area contributed by atoms with Crippen molar-refractivity contribution >= 4 is 62.1 Å². The Morgan fingerprint density at radius 3 is 2.29 bits per heavy atom. The van der Waals surface area contributed by atoms with Crippen LogP contribution in [0.25, 0.3) is 0 Å². The Hall–Kier alpha value is -0.650. The minimum Gasteiger partial charge on any atom is -0.268 e. The van der Waals surface area contributed by atoms with E-state index in [4.69, 9.17) is 46.4 Å². The Morgan fingerprint density at radius 1 is 0.952 bits per heavy atom. The summed E-state index contributed by atoms with van der Waals surface area (Å²) in [5, 5.41) is 0.741. The molecule has 0 spiro atoms. The number of sulfonamides is 1. The van der Waals surface area contributed by atoms with Crippen LogP contribution in [0.5, 0.6) is 0 Å². The molecule has 0 aliphatic carbocycles. The molecule has 0 aromatic heterocycles. The fraction of sp³-hybridized carbons (Fsp3) is 0.0769. The normalized spacial score (nSPS) is 11.5. The molecule has 2 aromatic rings. The first-order valence-electron chi connectivity index (χ1n) is 5.63. The van der Waals surface area contributed by atoms with Crippen LogP contribution in [0, 0.1) is 0 Å². The van der Waals surface area contributed by atoms with Crippen LogP contribution in [0.3, 0.4) is 0 Å². The van der Waals surface area contributed by atoms with E-state index in [1.165, 1.54) is 25.2 Å². The largest absolute Gasteiger partial charge is 0.268 e. The van der Waals surface area contributed by atoms with Gasteiger partial charge in [-0.1, -0.05) is 52.5 Å². The molecule has 2 aromatic carbocycles. The molecule has 112 valence electrons. The summed E-state index contributed by atoms with van der Waals surface area (Å²) in [7, 11) is -2.55. The molecule has 0 aliphatic rings. The molecule has 3 nitrogen and oxygen atoms in total. The van der Waals surface area contributed by atoms with Crippen molar-refractivity contribution in [3.05, 3.63) is 56.5 Å². The van der Waals surface area contributed by atoms with Crippen molar-refractivity contribution in [1.82, 2.24) is 0 Å². The monoisotopic (exact) mass is 383 g/mol. The topological polar surface area (TPSA) is 37.4 Å². The summed E-state index contributed by atoms with van der Waals surface area (Å²) in [6.45, 7) is 0. The van der Waals surface area contributed by atoms with Crippen molar-refractivity contribution in [2.75, 3.05) is 11.4 Å². The predicted molar refractivity (Wildman–Crippen MR) is 88.5 cm³/mol. The molecule has 0 saturated carbocycles. The van der Waals surface area contributed by atoms with Crippen molar-refractivity contribution < 1.29 is 8.42 Å². The average Bonchev–Trinajstić information content (AvgIpc) is 2.43. The zero-order valence-corrected chi connectivity index (χ0v) is 14.5. The number of nitrogens with zero attached hydrogens (tertiary/aromatic N) is 1. The number of anilines is 1. The Balaban J connectivity index is 2.58. The highest BCUT2D eigenvalue weighted by atomic mass is 35.5. The van der Waals surface area contributed by atoms with Crippen LogP contribution in [-0.4, -0.2) is 15.5 Å². The van der Waals surface area contributed by atoms with Gasteiger partial charge in [0.2, 0.25) is 0 Å². The minimum absolute atomic E-state index is 0.0735. The smallest absolute Gasteiger partial charge is 0.265 e. The van der Waals surface area contributed by atoms with Crippen LogP contribution in [0.2, 0.25) is 20.1 Å². The van der Waals surface area contributed by atoms with Gasteiger partial charge in [-0.3, -0.25) is 4.31 Å². The zero-order chi connectivity index (χ0) is 15.8. The first-order valence-corrected chi connectivity index (χ1v) is 8.58. The van der Waals surface area contributed by atoms with Gasteiger partial charge in [0.15, 0.2) is 0 Å². The van der Waals surface area contributed by atoms with Crippen LogP contribution >= 0.6 is 46.4 Å². The SMILES string of the molecule is CN(c1cccc(Cl)c1Cl)S(=O)(=O)c1cc(Cl)ccc1Cl. The van der Waals surface area contributed by atoms with E-state index in [0.717, 1.165) is 4.31 Å². The molecular formula is C13H9Cl4NO2S. The van der Waals surface area contributed by atoms with Crippen molar-refractivity contribution in [2.24, 2.45) is 0 Å². The van der Waals surface area contributed by atoms with Gasteiger partial charge in [0.05, 0.1) is 20.8 Å². The van der Waals surface area contributed by atoms with Gasteiger partial charge in [0.1, 0.15) is 4.90 Å². The molecule has 2 rings (SSSR count). The third-order valence-electron chi connectivity index (χ3n) is 2.80. The van der Waals surface area contributed by atoms with Crippen molar-refractivity contribution in [1.29, 1.82) is 0 Å². The van der Waals surface area contributed by atoms with Crippen molar-refractivity contribution in [3.8, 4) is 0 Å². The van der Waals surface area contributed by atoms with Crippen molar-refractivity contribution in [2.45, 2.75) is 4.90 Å².